The summed E-state index contributed by atoms with van der Waals surface area (Å²) in [4.78, 5) is 1.91. The predicted octanol–water partition coefficient (Wildman–Crippen LogP) is 4.45. The first-order valence-electron chi connectivity index (χ1n) is 5.85. The summed E-state index contributed by atoms with van der Waals surface area (Å²) in [6, 6.07) is 5.22. The smallest absolute Gasteiger partial charge is 0.132 e. The van der Waals surface area contributed by atoms with Crippen molar-refractivity contribution in [2.24, 2.45) is 0 Å². The lowest BCUT2D eigenvalue weighted by atomic mass is 10.0. The van der Waals surface area contributed by atoms with Crippen molar-refractivity contribution in [3.63, 3.8) is 0 Å². The zero-order chi connectivity index (χ0) is 13.3. The minimum Gasteiger partial charge on any atom is -0.340 e. The van der Waals surface area contributed by atoms with Crippen LogP contribution in [0.15, 0.2) is 47.7 Å². The summed E-state index contributed by atoms with van der Waals surface area (Å²) in [5.74, 6) is -0.223. The van der Waals surface area contributed by atoms with E-state index in [4.69, 9.17) is 11.6 Å². The van der Waals surface area contributed by atoms with Crippen LogP contribution in [-0.2, 0) is 0 Å². The summed E-state index contributed by atoms with van der Waals surface area (Å²) < 4.78 is 14.0. The van der Waals surface area contributed by atoms with Crippen LogP contribution >= 0.6 is 11.6 Å². The Balaban J connectivity index is 2.52. The molecule has 1 aromatic carbocycles. The van der Waals surface area contributed by atoms with Crippen molar-refractivity contribution >= 4 is 17.3 Å². The Kier molecular flexibility index (Phi) is 3.58. The Labute approximate surface area is 112 Å². The minimum atomic E-state index is -0.223. The Morgan fingerprint density at radius 2 is 2.06 bits per heavy atom. The summed E-state index contributed by atoms with van der Waals surface area (Å²) in [7, 11) is 0. The molecule has 3 heteroatoms. The number of aryl methyl sites for hydroxylation is 1. The monoisotopic (exact) mass is 263 g/mol. The quantitative estimate of drug-likeness (QED) is 0.762. The van der Waals surface area contributed by atoms with Crippen LogP contribution in [0.1, 0.15) is 18.1 Å². The van der Waals surface area contributed by atoms with E-state index >= 15 is 0 Å². The Bertz CT molecular complexity index is 558. The van der Waals surface area contributed by atoms with Gasteiger partial charge < -0.3 is 4.90 Å². The highest BCUT2D eigenvalue weighted by Crippen LogP contribution is 2.33. The lowest BCUT2D eigenvalue weighted by molar-refractivity contribution is 0.520. The normalized spacial score (nSPS) is 15.6. The number of benzene rings is 1. The van der Waals surface area contributed by atoms with Gasteiger partial charge in [-0.3, -0.25) is 0 Å². The number of rotatable bonds is 2. The standard InChI is InChI=1S/C15H15ClFN/c1-4-18-11(3)13(16)7-8-15(18)12-6-5-10(2)9-14(12)17/h5-9H,3-4H2,1-2H3. The largest absolute Gasteiger partial charge is 0.340 e. The maximum absolute atomic E-state index is 14.0. The van der Waals surface area contributed by atoms with Crippen LogP contribution in [0.4, 0.5) is 4.39 Å². The third-order valence-corrected chi connectivity index (χ3v) is 3.34. The molecule has 0 amide bonds. The minimum absolute atomic E-state index is 0.223. The molecule has 1 heterocycles. The Hall–Kier alpha value is -1.54. The topological polar surface area (TPSA) is 3.24 Å². The molecular formula is C15H15ClFN. The number of hydrogen-bond donors (Lipinski definition) is 0. The van der Waals surface area contributed by atoms with Crippen LogP contribution in [-0.4, -0.2) is 11.4 Å². The molecule has 1 aliphatic rings. The molecule has 2 rings (SSSR count). The summed E-state index contributed by atoms with van der Waals surface area (Å²) in [6.07, 6.45) is 3.58. The third kappa shape index (κ3) is 2.21. The molecule has 0 aromatic heterocycles. The molecule has 1 aliphatic heterocycles. The van der Waals surface area contributed by atoms with E-state index in [1.807, 2.05) is 30.9 Å². The number of hydrogen-bond acceptors (Lipinski definition) is 1. The predicted molar refractivity (Wildman–Crippen MR) is 74.6 cm³/mol. The first-order chi connectivity index (χ1) is 8.54. The zero-order valence-electron chi connectivity index (χ0n) is 10.5. The first-order valence-corrected chi connectivity index (χ1v) is 6.23. The van der Waals surface area contributed by atoms with Crippen molar-refractivity contribution in [3.05, 3.63) is 64.6 Å². The number of nitrogens with zero attached hydrogens (tertiary/aromatic N) is 1. The summed E-state index contributed by atoms with van der Waals surface area (Å²) in [5.41, 5.74) is 2.98. The van der Waals surface area contributed by atoms with Gasteiger partial charge in [-0.15, -0.1) is 0 Å². The lowest BCUT2D eigenvalue weighted by Gasteiger charge is -2.30. The van der Waals surface area contributed by atoms with Crippen LogP contribution < -0.4 is 0 Å². The van der Waals surface area contributed by atoms with Gasteiger partial charge in [-0.05, 0) is 43.7 Å². The van der Waals surface area contributed by atoms with Crippen molar-refractivity contribution in [2.45, 2.75) is 13.8 Å². The first kappa shape index (κ1) is 12.9. The van der Waals surface area contributed by atoms with Gasteiger partial charge in [0.1, 0.15) is 5.82 Å². The molecule has 0 unspecified atom stereocenters. The highest BCUT2D eigenvalue weighted by molar-refractivity contribution is 6.32. The number of likely N-dealkylation sites (N-methyl/N-ethyl adjacent to an activating group) is 1. The molecule has 0 saturated heterocycles. The van der Waals surface area contributed by atoms with E-state index in [1.54, 1.807) is 12.1 Å². The van der Waals surface area contributed by atoms with E-state index in [2.05, 4.69) is 6.58 Å². The zero-order valence-corrected chi connectivity index (χ0v) is 11.3. The van der Waals surface area contributed by atoms with E-state index in [-0.39, 0.29) is 5.82 Å². The number of halogens is 2. The lowest BCUT2D eigenvalue weighted by Crippen LogP contribution is -2.23. The van der Waals surface area contributed by atoms with E-state index < -0.39 is 0 Å². The fraction of sp³-hybridized carbons (Fsp3) is 0.200. The van der Waals surface area contributed by atoms with Gasteiger partial charge >= 0.3 is 0 Å². The van der Waals surface area contributed by atoms with Crippen LogP contribution in [0.5, 0.6) is 0 Å². The SMILES string of the molecule is C=C1C(Cl)=CC=C(c2ccc(C)cc2F)N1CC. The van der Waals surface area contributed by atoms with E-state index in [9.17, 15) is 4.39 Å². The summed E-state index contributed by atoms with van der Waals surface area (Å²) in [5, 5.41) is 0.591. The molecule has 0 spiro atoms. The Morgan fingerprint density at radius 3 is 2.67 bits per heavy atom. The average Bonchev–Trinajstić information content (AvgIpc) is 2.33. The van der Waals surface area contributed by atoms with Gasteiger partial charge in [-0.25, -0.2) is 4.39 Å². The molecule has 0 bridgehead atoms. The fourth-order valence-corrected chi connectivity index (χ4v) is 2.20. The molecule has 94 valence electrons. The van der Waals surface area contributed by atoms with Crippen molar-refractivity contribution < 1.29 is 4.39 Å². The van der Waals surface area contributed by atoms with Crippen LogP contribution in [0, 0.1) is 12.7 Å². The van der Waals surface area contributed by atoms with Crippen LogP contribution in [0.25, 0.3) is 5.70 Å². The molecule has 18 heavy (non-hydrogen) atoms. The van der Waals surface area contributed by atoms with Gasteiger partial charge in [0.2, 0.25) is 0 Å². The molecular weight excluding hydrogens is 249 g/mol. The molecule has 0 atom stereocenters. The maximum Gasteiger partial charge on any atom is 0.132 e. The van der Waals surface area contributed by atoms with E-state index in [0.29, 0.717) is 22.8 Å². The van der Waals surface area contributed by atoms with Crippen molar-refractivity contribution in [1.82, 2.24) is 4.90 Å². The fourth-order valence-electron chi connectivity index (χ4n) is 2.04. The third-order valence-electron chi connectivity index (χ3n) is 3.00. The van der Waals surface area contributed by atoms with Gasteiger partial charge in [-0.1, -0.05) is 24.2 Å². The second kappa shape index (κ2) is 4.99. The van der Waals surface area contributed by atoms with Crippen molar-refractivity contribution in [2.75, 3.05) is 6.54 Å². The highest BCUT2D eigenvalue weighted by atomic mass is 35.5. The second-order valence-corrected chi connectivity index (χ2v) is 4.65. The van der Waals surface area contributed by atoms with Crippen molar-refractivity contribution in [3.8, 4) is 0 Å². The van der Waals surface area contributed by atoms with E-state index in [1.165, 1.54) is 6.07 Å². The molecule has 0 aliphatic carbocycles. The van der Waals surface area contributed by atoms with Gasteiger partial charge in [-0.2, -0.15) is 0 Å². The number of allylic oxidation sites excluding steroid dienone is 3. The summed E-state index contributed by atoms with van der Waals surface area (Å²) >= 11 is 6.04. The van der Waals surface area contributed by atoms with Gasteiger partial charge in [0.25, 0.3) is 0 Å². The summed E-state index contributed by atoms with van der Waals surface area (Å²) in [6.45, 7) is 8.49. The molecule has 0 fully saturated rings. The molecule has 0 saturated carbocycles. The van der Waals surface area contributed by atoms with Crippen molar-refractivity contribution in [1.29, 1.82) is 0 Å². The average molecular weight is 264 g/mol. The van der Waals surface area contributed by atoms with Gasteiger partial charge in [0, 0.05) is 12.1 Å². The van der Waals surface area contributed by atoms with Gasteiger partial charge in [0.05, 0.1) is 16.4 Å². The van der Waals surface area contributed by atoms with Crippen LogP contribution in [0.2, 0.25) is 0 Å². The van der Waals surface area contributed by atoms with Crippen LogP contribution in [0.3, 0.4) is 0 Å². The van der Waals surface area contributed by atoms with Gasteiger partial charge in [0.15, 0.2) is 0 Å². The molecule has 1 aromatic rings. The molecule has 0 N–H and O–H groups in total. The molecule has 0 radical (unpaired) electrons. The maximum atomic E-state index is 14.0. The molecule has 1 nitrogen and oxygen atoms in total. The Morgan fingerprint density at radius 1 is 1.33 bits per heavy atom. The second-order valence-electron chi connectivity index (χ2n) is 4.24. The van der Waals surface area contributed by atoms with E-state index in [0.717, 1.165) is 11.3 Å². The highest BCUT2D eigenvalue weighted by Gasteiger charge is 2.20.